The molecule has 0 aliphatic carbocycles. The van der Waals surface area contributed by atoms with Crippen LogP contribution in [-0.2, 0) is 14.1 Å². The molecule has 77 valence electrons. The number of aromatic nitrogens is 4. The summed E-state index contributed by atoms with van der Waals surface area (Å²) in [5, 5.41) is 7.89. The van der Waals surface area contributed by atoms with E-state index in [9.17, 15) is 0 Å². The first-order valence-corrected chi connectivity index (χ1v) is 4.36. The first-order valence-electron chi connectivity index (χ1n) is 4.36. The van der Waals surface area contributed by atoms with Crippen LogP contribution in [0.25, 0.3) is 0 Å². The molecule has 2 heterocycles. The van der Waals surface area contributed by atoms with Crippen molar-refractivity contribution in [2.45, 2.75) is 0 Å². The van der Waals surface area contributed by atoms with Gasteiger partial charge >= 0.3 is 7.69 Å². The molecular formula is C8H10BN4O2. The van der Waals surface area contributed by atoms with Gasteiger partial charge in [-0.1, -0.05) is 0 Å². The number of hydrogen-bond acceptors (Lipinski definition) is 4. The van der Waals surface area contributed by atoms with Gasteiger partial charge in [-0.25, -0.2) is 0 Å². The van der Waals surface area contributed by atoms with E-state index in [-0.39, 0.29) is 0 Å². The first-order chi connectivity index (χ1) is 7.24. The summed E-state index contributed by atoms with van der Waals surface area (Å²) in [4.78, 5) is 0. The first kappa shape index (κ1) is 9.63. The van der Waals surface area contributed by atoms with Crippen molar-refractivity contribution in [2.75, 3.05) is 0 Å². The summed E-state index contributed by atoms with van der Waals surface area (Å²) in [5.74, 6) is 1.25. The van der Waals surface area contributed by atoms with E-state index in [4.69, 9.17) is 9.31 Å². The number of rotatable bonds is 4. The van der Waals surface area contributed by atoms with Gasteiger partial charge in [-0.3, -0.25) is 9.36 Å². The summed E-state index contributed by atoms with van der Waals surface area (Å²) in [7, 11) is 4.87. The Morgan fingerprint density at radius 2 is 1.47 bits per heavy atom. The lowest BCUT2D eigenvalue weighted by Crippen LogP contribution is -2.10. The van der Waals surface area contributed by atoms with Gasteiger partial charge in [-0.15, -0.1) is 0 Å². The minimum Gasteiger partial charge on any atom is -0.524 e. The quantitative estimate of drug-likeness (QED) is 0.666. The Hall–Kier alpha value is -1.92. The van der Waals surface area contributed by atoms with Crippen molar-refractivity contribution in [1.82, 2.24) is 19.6 Å². The summed E-state index contributed by atoms with van der Waals surface area (Å²) < 4.78 is 13.6. The lowest BCUT2D eigenvalue weighted by atomic mass is 10.4. The van der Waals surface area contributed by atoms with E-state index >= 15 is 0 Å². The molecule has 2 aromatic heterocycles. The second kappa shape index (κ2) is 4.08. The van der Waals surface area contributed by atoms with Gasteiger partial charge in [0.1, 0.15) is 11.5 Å². The van der Waals surface area contributed by atoms with E-state index in [1.165, 1.54) is 7.69 Å². The largest absolute Gasteiger partial charge is 0.658 e. The van der Waals surface area contributed by atoms with Gasteiger partial charge in [0.15, 0.2) is 0 Å². The smallest absolute Gasteiger partial charge is 0.524 e. The van der Waals surface area contributed by atoms with Crippen molar-refractivity contribution in [1.29, 1.82) is 0 Å². The van der Waals surface area contributed by atoms with Crippen molar-refractivity contribution in [3.05, 3.63) is 24.8 Å². The van der Waals surface area contributed by atoms with Crippen LogP contribution in [0.2, 0.25) is 0 Å². The fraction of sp³-hybridized carbons (Fsp3) is 0.250. The molecular weight excluding hydrogens is 195 g/mol. The number of hydrogen-bond donors (Lipinski definition) is 0. The van der Waals surface area contributed by atoms with E-state index in [0.29, 0.717) is 11.5 Å². The van der Waals surface area contributed by atoms with Crippen LogP contribution in [0.4, 0.5) is 0 Å². The average molecular weight is 205 g/mol. The Bertz CT molecular complexity index is 399. The molecule has 0 aliphatic heterocycles. The lowest BCUT2D eigenvalue weighted by Gasteiger charge is -2.00. The van der Waals surface area contributed by atoms with Gasteiger partial charge in [-0.05, 0) is 0 Å². The molecule has 0 bridgehead atoms. The van der Waals surface area contributed by atoms with Crippen molar-refractivity contribution in [2.24, 2.45) is 14.1 Å². The van der Waals surface area contributed by atoms with Gasteiger partial charge in [0.2, 0.25) is 0 Å². The summed E-state index contributed by atoms with van der Waals surface area (Å²) in [6.07, 6.45) is 6.68. The van der Waals surface area contributed by atoms with Crippen molar-refractivity contribution in [3.8, 4) is 11.5 Å². The van der Waals surface area contributed by atoms with Gasteiger partial charge in [0.05, 0.1) is 24.8 Å². The molecule has 0 spiro atoms. The molecule has 0 fully saturated rings. The molecule has 2 rings (SSSR count). The van der Waals surface area contributed by atoms with Crippen LogP contribution in [0.15, 0.2) is 24.8 Å². The Balaban J connectivity index is 1.80. The zero-order chi connectivity index (χ0) is 10.7. The zero-order valence-corrected chi connectivity index (χ0v) is 8.49. The normalized spacial score (nSPS) is 10.0. The molecule has 0 saturated carbocycles. The van der Waals surface area contributed by atoms with Gasteiger partial charge in [-0.2, -0.15) is 10.2 Å². The van der Waals surface area contributed by atoms with Gasteiger partial charge < -0.3 is 9.31 Å². The zero-order valence-electron chi connectivity index (χ0n) is 8.49. The average Bonchev–Trinajstić information content (AvgIpc) is 2.76. The van der Waals surface area contributed by atoms with Crippen molar-refractivity contribution < 1.29 is 9.31 Å². The van der Waals surface area contributed by atoms with Gasteiger partial charge in [0, 0.05) is 14.1 Å². The molecule has 0 N–H and O–H groups in total. The fourth-order valence-electron chi connectivity index (χ4n) is 1.05. The third-order valence-electron chi connectivity index (χ3n) is 1.73. The summed E-state index contributed by atoms with van der Waals surface area (Å²) >= 11 is 0. The maximum absolute atomic E-state index is 5.17. The third-order valence-corrected chi connectivity index (χ3v) is 1.73. The van der Waals surface area contributed by atoms with E-state index in [2.05, 4.69) is 10.2 Å². The van der Waals surface area contributed by atoms with E-state index < -0.39 is 0 Å². The van der Waals surface area contributed by atoms with Crippen LogP contribution in [0.3, 0.4) is 0 Å². The van der Waals surface area contributed by atoms with Crippen LogP contribution in [0, 0.1) is 0 Å². The highest BCUT2D eigenvalue weighted by atomic mass is 16.6. The Labute approximate surface area is 87.7 Å². The van der Waals surface area contributed by atoms with Crippen molar-refractivity contribution >= 4 is 7.69 Å². The molecule has 0 unspecified atom stereocenters. The van der Waals surface area contributed by atoms with Crippen molar-refractivity contribution in [3.63, 3.8) is 0 Å². The fourth-order valence-corrected chi connectivity index (χ4v) is 1.05. The molecule has 0 aliphatic rings. The molecule has 0 amide bonds. The monoisotopic (exact) mass is 205 g/mol. The molecule has 0 atom stereocenters. The molecule has 6 nitrogen and oxygen atoms in total. The molecule has 0 aromatic carbocycles. The van der Waals surface area contributed by atoms with Gasteiger partial charge in [0.25, 0.3) is 0 Å². The summed E-state index contributed by atoms with van der Waals surface area (Å²) in [6, 6.07) is 0. The van der Waals surface area contributed by atoms with Crippen LogP contribution >= 0.6 is 0 Å². The second-order valence-corrected chi connectivity index (χ2v) is 3.03. The summed E-state index contributed by atoms with van der Waals surface area (Å²) in [5.41, 5.74) is 0. The van der Waals surface area contributed by atoms with E-state index in [1.54, 1.807) is 34.2 Å². The molecule has 1 radical (unpaired) electrons. The predicted molar refractivity (Wildman–Crippen MR) is 53.4 cm³/mol. The molecule has 0 saturated heterocycles. The molecule has 15 heavy (non-hydrogen) atoms. The predicted octanol–water partition coefficient (Wildman–Crippen LogP) is 0.146. The highest BCUT2D eigenvalue weighted by Gasteiger charge is 2.04. The molecule has 2 aromatic rings. The Morgan fingerprint density at radius 3 is 1.80 bits per heavy atom. The topological polar surface area (TPSA) is 54.1 Å². The SMILES string of the molecule is Cn1cc(O[B]Oc2cnn(C)c2)cn1. The Morgan fingerprint density at radius 1 is 1.00 bits per heavy atom. The third kappa shape index (κ3) is 2.52. The molecule has 7 heteroatoms. The summed E-state index contributed by atoms with van der Waals surface area (Å²) in [6.45, 7) is 0. The highest BCUT2D eigenvalue weighted by Crippen LogP contribution is 2.09. The highest BCUT2D eigenvalue weighted by molar-refractivity contribution is 6.20. The standard InChI is InChI=1S/C8H10BN4O2/c1-12-5-7(3-10-12)14-9-15-8-4-11-13(2)6-8/h3-6H,1-2H3. The maximum Gasteiger partial charge on any atom is 0.658 e. The minimum absolute atomic E-state index is 0.626. The van der Waals surface area contributed by atoms with Crippen LogP contribution in [0.5, 0.6) is 11.5 Å². The lowest BCUT2D eigenvalue weighted by molar-refractivity contribution is 0.458. The van der Waals surface area contributed by atoms with E-state index in [1.807, 2.05) is 14.1 Å². The van der Waals surface area contributed by atoms with E-state index in [0.717, 1.165) is 0 Å². The number of nitrogens with zero attached hydrogens (tertiary/aromatic N) is 4. The number of aryl methyl sites for hydroxylation is 2. The van der Waals surface area contributed by atoms with Crippen LogP contribution < -0.4 is 9.31 Å². The van der Waals surface area contributed by atoms with Crippen LogP contribution in [0.1, 0.15) is 0 Å². The Kier molecular flexibility index (Phi) is 2.62. The minimum atomic E-state index is 0.626. The maximum atomic E-state index is 5.17. The van der Waals surface area contributed by atoms with Crippen LogP contribution in [-0.4, -0.2) is 27.2 Å². The second-order valence-electron chi connectivity index (χ2n) is 3.03.